The molecule has 0 saturated carbocycles. The first kappa shape index (κ1) is 18.8. The van der Waals surface area contributed by atoms with Gasteiger partial charge in [0.1, 0.15) is 11.8 Å². The van der Waals surface area contributed by atoms with Gasteiger partial charge in [0.05, 0.1) is 10.6 Å². The molecule has 1 saturated heterocycles. The number of piperidine rings is 1. The Bertz CT molecular complexity index is 957. The van der Waals surface area contributed by atoms with Crippen LogP contribution in [-0.4, -0.2) is 60.8 Å². The van der Waals surface area contributed by atoms with Crippen LogP contribution in [0.15, 0.2) is 54.0 Å². The number of rotatable bonds is 5. The Hall–Kier alpha value is -2.52. The monoisotopic (exact) mass is 399 g/mol. The zero-order valence-electron chi connectivity index (χ0n) is 15.1. The molecule has 28 heavy (non-hydrogen) atoms. The smallest absolute Gasteiger partial charge is 0.338 e. The molecule has 7 nitrogen and oxygen atoms in total. The maximum atomic E-state index is 11.3. The Balaban J connectivity index is 1.61. The summed E-state index contributed by atoms with van der Waals surface area (Å²) in [6.45, 7) is 0.969. The minimum atomic E-state index is -2.08. The molecule has 1 aliphatic heterocycles. The molecule has 4 rings (SSSR count). The number of β-amino-alcohol motifs (C(OH)–C–C–N with tert-alkyl or cyclic N) is 1. The molecule has 146 valence electrons. The SMILES string of the molecule is O=C(O)[C@]1(O)CCN(Cc2cn(-c3ccccc3)nc2-c2cccs2)C[C@H]1O. The van der Waals surface area contributed by atoms with E-state index in [9.17, 15) is 20.1 Å². The van der Waals surface area contributed by atoms with Gasteiger partial charge in [-0.3, -0.25) is 4.90 Å². The predicted molar refractivity (Wildman–Crippen MR) is 105 cm³/mol. The third-order valence-electron chi connectivity index (χ3n) is 5.12. The van der Waals surface area contributed by atoms with Crippen LogP contribution < -0.4 is 0 Å². The van der Waals surface area contributed by atoms with Gasteiger partial charge >= 0.3 is 5.97 Å². The van der Waals surface area contributed by atoms with E-state index in [4.69, 9.17) is 5.10 Å². The number of carboxylic acids is 1. The highest BCUT2D eigenvalue weighted by molar-refractivity contribution is 7.13. The summed E-state index contributed by atoms with van der Waals surface area (Å²) in [5.74, 6) is -1.38. The summed E-state index contributed by atoms with van der Waals surface area (Å²) in [7, 11) is 0. The van der Waals surface area contributed by atoms with E-state index in [0.717, 1.165) is 21.8 Å². The summed E-state index contributed by atoms with van der Waals surface area (Å²) in [5, 5.41) is 36.3. The van der Waals surface area contributed by atoms with Crippen molar-refractivity contribution in [2.24, 2.45) is 0 Å². The van der Waals surface area contributed by atoms with Crippen LogP contribution in [0.3, 0.4) is 0 Å². The molecule has 0 radical (unpaired) electrons. The summed E-state index contributed by atoms with van der Waals surface area (Å²) in [4.78, 5) is 14.3. The molecule has 0 spiro atoms. The molecule has 0 aliphatic carbocycles. The Labute approximate surface area is 166 Å². The third-order valence-corrected chi connectivity index (χ3v) is 6.00. The first-order valence-corrected chi connectivity index (χ1v) is 9.89. The van der Waals surface area contributed by atoms with Gasteiger partial charge in [-0.15, -0.1) is 11.3 Å². The minimum absolute atomic E-state index is 0.0232. The molecule has 3 N–H and O–H groups in total. The van der Waals surface area contributed by atoms with Crippen LogP contribution in [-0.2, 0) is 11.3 Å². The zero-order chi connectivity index (χ0) is 19.7. The normalized spacial score (nSPS) is 23.0. The predicted octanol–water partition coefficient (Wildman–Crippen LogP) is 1.98. The fourth-order valence-electron chi connectivity index (χ4n) is 3.48. The Morgan fingerprint density at radius 1 is 1.25 bits per heavy atom. The van der Waals surface area contributed by atoms with Gasteiger partial charge in [0.25, 0.3) is 0 Å². The number of para-hydroxylation sites is 1. The van der Waals surface area contributed by atoms with E-state index < -0.39 is 17.7 Å². The lowest BCUT2D eigenvalue weighted by Crippen LogP contribution is -2.59. The summed E-state index contributed by atoms with van der Waals surface area (Å²) in [5.41, 5.74) is 0.721. The second-order valence-electron chi connectivity index (χ2n) is 6.99. The van der Waals surface area contributed by atoms with Gasteiger partial charge in [-0.2, -0.15) is 5.10 Å². The van der Waals surface area contributed by atoms with Gasteiger partial charge in [0.15, 0.2) is 5.60 Å². The second kappa shape index (κ2) is 7.48. The lowest BCUT2D eigenvalue weighted by molar-refractivity contribution is -0.181. The van der Waals surface area contributed by atoms with Gasteiger partial charge in [-0.05, 0) is 23.6 Å². The van der Waals surface area contributed by atoms with E-state index >= 15 is 0 Å². The topological polar surface area (TPSA) is 98.8 Å². The third kappa shape index (κ3) is 3.47. The molecular weight excluding hydrogens is 378 g/mol. The highest BCUT2D eigenvalue weighted by Crippen LogP contribution is 2.30. The number of thiophene rings is 1. The number of aliphatic carboxylic acids is 1. The van der Waals surface area contributed by atoms with Gasteiger partial charge in [-0.25, -0.2) is 9.48 Å². The van der Waals surface area contributed by atoms with Crippen molar-refractivity contribution in [2.75, 3.05) is 13.1 Å². The quantitative estimate of drug-likeness (QED) is 0.607. The van der Waals surface area contributed by atoms with Gasteiger partial charge < -0.3 is 15.3 Å². The number of hydrogen-bond donors (Lipinski definition) is 3. The Kier molecular flexibility index (Phi) is 5.03. The maximum Gasteiger partial charge on any atom is 0.338 e. The Morgan fingerprint density at radius 2 is 2.04 bits per heavy atom. The van der Waals surface area contributed by atoms with Gasteiger partial charge in [0.2, 0.25) is 0 Å². The molecule has 2 aromatic heterocycles. The van der Waals surface area contributed by atoms with Crippen LogP contribution in [0.4, 0.5) is 0 Å². The number of benzene rings is 1. The lowest BCUT2D eigenvalue weighted by atomic mass is 9.88. The Morgan fingerprint density at radius 3 is 2.68 bits per heavy atom. The van der Waals surface area contributed by atoms with Crippen molar-refractivity contribution in [3.63, 3.8) is 0 Å². The molecule has 0 bridgehead atoms. The van der Waals surface area contributed by atoms with E-state index in [1.54, 1.807) is 11.3 Å². The molecular formula is C20H21N3O4S. The number of aliphatic hydroxyl groups excluding tert-OH is 1. The van der Waals surface area contributed by atoms with Gasteiger partial charge in [0, 0.05) is 37.8 Å². The van der Waals surface area contributed by atoms with Crippen molar-refractivity contribution in [3.05, 3.63) is 59.6 Å². The minimum Gasteiger partial charge on any atom is -0.479 e. The number of hydrogen-bond acceptors (Lipinski definition) is 6. The number of carboxylic acid groups (broad SMARTS) is 1. The first-order valence-electron chi connectivity index (χ1n) is 9.01. The zero-order valence-corrected chi connectivity index (χ0v) is 15.9. The number of aromatic nitrogens is 2. The maximum absolute atomic E-state index is 11.3. The van der Waals surface area contributed by atoms with Crippen molar-refractivity contribution >= 4 is 17.3 Å². The highest BCUT2D eigenvalue weighted by Gasteiger charge is 2.47. The summed E-state index contributed by atoms with van der Waals surface area (Å²) < 4.78 is 1.83. The van der Waals surface area contributed by atoms with Crippen LogP contribution in [0, 0.1) is 0 Å². The standard InChI is InChI=1S/C20H21N3O4S/c24-17-13-22(9-8-20(17,27)19(25)26)11-14-12-23(15-5-2-1-3-6-15)21-18(14)16-7-4-10-28-16/h1-7,10,12,17,24,27H,8-9,11,13H2,(H,25,26)/t17-,20+/m1/s1. The molecule has 3 heterocycles. The molecule has 0 amide bonds. The number of likely N-dealkylation sites (tertiary alicyclic amines) is 1. The van der Waals surface area contributed by atoms with Crippen LogP contribution in [0.25, 0.3) is 16.3 Å². The van der Waals surface area contributed by atoms with E-state index in [-0.39, 0.29) is 13.0 Å². The molecule has 0 unspecified atom stereocenters. The summed E-state index contributed by atoms with van der Waals surface area (Å²) in [6.07, 6.45) is 0.604. The summed E-state index contributed by atoms with van der Waals surface area (Å²) in [6, 6.07) is 13.8. The van der Waals surface area contributed by atoms with Crippen LogP contribution >= 0.6 is 11.3 Å². The molecule has 2 atom stereocenters. The fourth-order valence-corrected chi connectivity index (χ4v) is 4.22. The van der Waals surface area contributed by atoms with E-state index in [0.29, 0.717) is 13.1 Å². The van der Waals surface area contributed by atoms with Crippen molar-refractivity contribution in [3.8, 4) is 16.3 Å². The molecule has 1 fully saturated rings. The van der Waals surface area contributed by atoms with Crippen molar-refractivity contribution < 1.29 is 20.1 Å². The van der Waals surface area contributed by atoms with E-state index in [1.165, 1.54) is 0 Å². The van der Waals surface area contributed by atoms with Crippen LogP contribution in [0.5, 0.6) is 0 Å². The largest absolute Gasteiger partial charge is 0.479 e. The van der Waals surface area contributed by atoms with Crippen molar-refractivity contribution in [1.29, 1.82) is 0 Å². The van der Waals surface area contributed by atoms with Crippen LogP contribution in [0.1, 0.15) is 12.0 Å². The van der Waals surface area contributed by atoms with Crippen LogP contribution in [0.2, 0.25) is 0 Å². The highest BCUT2D eigenvalue weighted by atomic mass is 32.1. The van der Waals surface area contributed by atoms with Gasteiger partial charge in [-0.1, -0.05) is 24.3 Å². The average Bonchev–Trinajstić information content (AvgIpc) is 3.35. The molecule has 1 aliphatic rings. The van der Waals surface area contributed by atoms with Crippen molar-refractivity contribution in [2.45, 2.75) is 24.7 Å². The van der Waals surface area contributed by atoms with Crippen molar-refractivity contribution in [1.82, 2.24) is 14.7 Å². The molecule has 1 aromatic carbocycles. The lowest BCUT2D eigenvalue weighted by Gasteiger charge is -2.39. The first-order chi connectivity index (χ1) is 13.5. The second-order valence-corrected chi connectivity index (χ2v) is 7.94. The summed E-state index contributed by atoms with van der Waals surface area (Å²) >= 11 is 1.60. The molecule has 8 heteroatoms. The van der Waals surface area contributed by atoms with E-state index in [2.05, 4.69) is 0 Å². The molecule has 3 aromatic rings. The number of nitrogens with zero attached hydrogens (tertiary/aromatic N) is 3. The number of carbonyl (C=O) groups is 1. The average molecular weight is 399 g/mol. The number of aliphatic hydroxyl groups is 2. The van der Waals surface area contributed by atoms with E-state index in [1.807, 2.05) is 63.6 Å². The fraction of sp³-hybridized carbons (Fsp3) is 0.300.